The molecule has 4 atom stereocenters. The maximum absolute atomic E-state index is 13.9. The minimum absolute atomic E-state index is 0.103. The summed E-state index contributed by atoms with van der Waals surface area (Å²) in [6, 6.07) is 12.3. The number of carbonyl (C=O) groups excluding carboxylic acids is 1. The maximum Gasteiger partial charge on any atom is 0.230 e. The number of hydrogen-bond acceptors (Lipinski definition) is 4. The van der Waals surface area contributed by atoms with Crippen molar-refractivity contribution >= 4 is 22.5 Å². The Bertz CT molecular complexity index is 1260. The third-order valence-electron chi connectivity index (χ3n) is 8.35. The molecule has 3 fully saturated rings. The summed E-state index contributed by atoms with van der Waals surface area (Å²) in [6.07, 6.45) is 9.70. The fourth-order valence-electron chi connectivity index (χ4n) is 6.56. The fraction of sp³-hybridized carbons (Fsp3) is 0.407. The van der Waals surface area contributed by atoms with Crippen LogP contribution >= 0.6 is 0 Å². The zero-order valence-corrected chi connectivity index (χ0v) is 18.3. The van der Waals surface area contributed by atoms with Crippen LogP contribution in [0.3, 0.4) is 0 Å². The van der Waals surface area contributed by atoms with Crippen molar-refractivity contribution in [2.45, 2.75) is 44.4 Å². The Labute approximate surface area is 192 Å². The molecule has 3 aliphatic carbocycles. The van der Waals surface area contributed by atoms with Gasteiger partial charge in [0.25, 0.3) is 0 Å². The maximum atomic E-state index is 13.9. The van der Waals surface area contributed by atoms with Crippen molar-refractivity contribution in [2.75, 3.05) is 5.32 Å². The highest BCUT2D eigenvalue weighted by Crippen LogP contribution is 2.63. The van der Waals surface area contributed by atoms with Gasteiger partial charge < -0.3 is 5.32 Å². The molecule has 1 amide bonds. The number of halogens is 1. The van der Waals surface area contributed by atoms with Gasteiger partial charge in [0.1, 0.15) is 17.6 Å². The zero-order chi connectivity index (χ0) is 22.6. The summed E-state index contributed by atoms with van der Waals surface area (Å²) in [4.78, 5) is 21.6. The average molecular weight is 441 g/mol. The first-order valence-electron chi connectivity index (χ1n) is 11.8. The summed E-state index contributed by atoms with van der Waals surface area (Å²) < 4.78 is 13.9. The molecular formula is C27H25FN4O. The van der Waals surface area contributed by atoms with Crippen LogP contribution in [0.15, 0.2) is 48.8 Å². The van der Waals surface area contributed by atoms with Crippen molar-refractivity contribution in [1.29, 1.82) is 5.26 Å². The van der Waals surface area contributed by atoms with Crippen LogP contribution in [0.25, 0.3) is 10.9 Å². The number of anilines is 1. The first-order valence-corrected chi connectivity index (χ1v) is 11.8. The summed E-state index contributed by atoms with van der Waals surface area (Å²) >= 11 is 0. The van der Waals surface area contributed by atoms with Crippen molar-refractivity contribution in [3.05, 3.63) is 65.9 Å². The molecule has 3 aliphatic rings. The highest BCUT2D eigenvalue weighted by molar-refractivity contribution is 5.97. The molecule has 2 heterocycles. The largest absolute Gasteiger partial charge is 0.324 e. The van der Waals surface area contributed by atoms with Crippen molar-refractivity contribution in [3.8, 4) is 6.07 Å². The molecule has 3 aromatic rings. The molecule has 5 nitrogen and oxygen atoms in total. The SMILES string of the molecule is N#Cc1ccc(NC(=O)C2(C3C[C@H]4CC(c5ccnc6ccc(F)cc56)C[C@H]4C3)CC2)cn1. The summed E-state index contributed by atoms with van der Waals surface area (Å²) in [5, 5.41) is 12.9. The molecule has 2 unspecified atom stereocenters. The van der Waals surface area contributed by atoms with Gasteiger partial charge in [0.2, 0.25) is 5.91 Å². The van der Waals surface area contributed by atoms with Crippen LogP contribution in [0.1, 0.15) is 55.7 Å². The standard InChI is InChI=1S/C27H25FN4O/c28-20-1-4-25-24(13-20)23(5-8-30-25)18-9-16-11-19(12-17(16)10-18)27(6-7-27)26(33)32-22-3-2-21(14-29)31-15-22/h1-5,8,13,15-19H,6-7,9-12H2,(H,32,33)/t16-,17+,18?,19?. The van der Waals surface area contributed by atoms with E-state index < -0.39 is 0 Å². The van der Waals surface area contributed by atoms with Gasteiger partial charge in [0.15, 0.2) is 0 Å². The Morgan fingerprint density at radius 3 is 2.52 bits per heavy atom. The van der Waals surface area contributed by atoms with Gasteiger partial charge in [-0.25, -0.2) is 9.37 Å². The molecule has 0 bridgehead atoms. The molecule has 0 saturated heterocycles. The quantitative estimate of drug-likeness (QED) is 0.574. The number of nitrogens with zero attached hydrogens (tertiary/aromatic N) is 3. The molecule has 3 saturated carbocycles. The molecular weight excluding hydrogens is 415 g/mol. The predicted octanol–water partition coefficient (Wildman–Crippen LogP) is 5.58. The average Bonchev–Trinajstić information content (AvgIpc) is 3.40. The molecule has 0 spiro atoms. The van der Waals surface area contributed by atoms with E-state index in [9.17, 15) is 9.18 Å². The molecule has 1 aromatic carbocycles. The fourth-order valence-corrected chi connectivity index (χ4v) is 6.56. The van der Waals surface area contributed by atoms with Crippen LogP contribution in [-0.2, 0) is 4.79 Å². The van der Waals surface area contributed by atoms with Gasteiger partial charge in [-0.05, 0) is 104 Å². The first-order chi connectivity index (χ1) is 16.1. The number of aromatic nitrogens is 2. The van der Waals surface area contributed by atoms with E-state index in [4.69, 9.17) is 5.26 Å². The zero-order valence-electron chi connectivity index (χ0n) is 18.3. The molecule has 6 rings (SSSR count). The lowest BCUT2D eigenvalue weighted by Gasteiger charge is -2.24. The third kappa shape index (κ3) is 3.47. The Hall–Kier alpha value is -3.33. The first kappa shape index (κ1) is 20.3. The van der Waals surface area contributed by atoms with Crippen LogP contribution in [0.4, 0.5) is 10.1 Å². The molecule has 0 aliphatic heterocycles. The van der Waals surface area contributed by atoms with E-state index in [-0.39, 0.29) is 17.1 Å². The van der Waals surface area contributed by atoms with Gasteiger partial charge in [-0.1, -0.05) is 0 Å². The number of fused-ring (bicyclic) bond motifs is 2. The van der Waals surface area contributed by atoms with E-state index in [0.29, 0.717) is 35.1 Å². The summed E-state index contributed by atoms with van der Waals surface area (Å²) in [5.41, 5.74) is 2.82. The third-order valence-corrected chi connectivity index (χ3v) is 8.35. The topological polar surface area (TPSA) is 78.7 Å². The van der Waals surface area contributed by atoms with Gasteiger partial charge in [0.05, 0.1) is 22.8 Å². The van der Waals surface area contributed by atoms with E-state index in [1.807, 2.05) is 12.3 Å². The minimum atomic E-state index is -0.250. The summed E-state index contributed by atoms with van der Waals surface area (Å²) in [5.74, 6) is 1.99. The molecule has 166 valence electrons. The van der Waals surface area contributed by atoms with Crippen molar-refractivity contribution in [1.82, 2.24) is 9.97 Å². The molecule has 6 heteroatoms. The van der Waals surface area contributed by atoms with Gasteiger partial charge in [0, 0.05) is 11.6 Å². The van der Waals surface area contributed by atoms with Crippen LogP contribution in [-0.4, -0.2) is 15.9 Å². The molecule has 1 N–H and O–H groups in total. The van der Waals surface area contributed by atoms with Gasteiger partial charge in [-0.2, -0.15) is 5.26 Å². The monoisotopic (exact) mass is 440 g/mol. The van der Waals surface area contributed by atoms with Gasteiger partial charge in [-0.15, -0.1) is 0 Å². The Morgan fingerprint density at radius 2 is 1.85 bits per heavy atom. The summed E-state index contributed by atoms with van der Waals surface area (Å²) in [7, 11) is 0. The second-order valence-corrected chi connectivity index (χ2v) is 10.1. The van der Waals surface area contributed by atoms with Crippen LogP contribution < -0.4 is 5.32 Å². The van der Waals surface area contributed by atoms with E-state index in [0.717, 1.165) is 49.4 Å². The number of amides is 1. The highest BCUT2D eigenvalue weighted by Gasteiger charge is 2.59. The van der Waals surface area contributed by atoms with E-state index >= 15 is 0 Å². The Kier molecular flexibility index (Phi) is 4.69. The van der Waals surface area contributed by atoms with Crippen molar-refractivity contribution in [3.63, 3.8) is 0 Å². The number of rotatable bonds is 4. The van der Waals surface area contributed by atoms with Crippen molar-refractivity contribution < 1.29 is 9.18 Å². The summed E-state index contributed by atoms with van der Waals surface area (Å²) in [6.45, 7) is 0. The smallest absolute Gasteiger partial charge is 0.230 e. The lowest BCUT2D eigenvalue weighted by atomic mass is 9.82. The van der Waals surface area contributed by atoms with E-state index in [1.165, 1.54) is 11.6 Å². The number of nitrogens with one attached hydrogen (secondary N) is 1. The lowest BCUT2D eigenvalue weighted by molar-refractivity contribution is -0.123. The highest BCUT2D eigenvalue weighted by atomic mass is 19.1. The molecule has 0 radical (unpaired) electrons. The number of hydrogen-bond donors (Lipinski definition) is 1. The van der Waals surface area contributed by atoms with Gasteiger partial charge >= 0.3 is 0 Å². The van der Waals surface area contributed by atoms with E-state index in [1.54, 1.807) is 30.5 Å². The van der Waals surface area contributed by atoms with Gasteiger partial charge in [-0.3, -0.25) is 9.78 Å². The molecule has 2 aromatic heterocycles. The Balaban J connectivity index is 1.15. The number of benzene rings is 1. The predicted molar refractivity (Wildman–Crippen MR) is 123 cm³/mol. The van der Waals surface area contributed by atoms with Crippen LogP contribution in [0.5, 0.6) is 0 Å². The van der Waals surface area contributed by atoms with Crippen molar-refractivity contribution in [2.24, 2.45) is 23.2 Å². The lowest BCUT2D eigenvalue weighted by Crippen LogP contribution is -2.30. The number of pyridine rings is 2. The second-order valence-electron chi connectivity index (χ2n) is 10.1. The second kappa shape index (κ2) is 7.62. The van der Waals surface area contributed by atoms with E-state index in [2.05, 4.69) is 21.4 Å². The number of nitriles is 1. The van der Waals surface area contributed by atoms with Crippen LogP contribution in [0.2, 0.25) is 0 Å². The normalized spacial score (nSPS) is 27.2. The van der Waals surface area contributed by atoms with Crippen LogP contribution in [0, 0.1) is 40.3 Å². The molecule has 33 heavy (non-hydrogen) atoms. The Morgan fingerprint density at radius 1 is 1.06 bits per heavy atom. The number of carbonyl (C=O) groups is 1. The minimum Gasteiger partial charge on any atom is -0.324 e.